The molecule has 1 aromatic carbocycles. The number of rotatable bonds is 1. The minimum atomic E-state index is 1.01. The lowest BCUT2D eigenvalue weighted by Gasteiger charge is -2.06. The van der Waals surface area contributed by atoms with Crippen LogP contribution in [-0.2, 0) is 0 Å². The van der Waals surface area contributed by atoms with Crippen LogP contribution in [0, 0.1) is 0 Å². The SMILES string of the molecule is Brc1ccc2c(c1)c1ncccc1n2-c1cccnc1. The molecule has 96 valence electrons. The summed E-state index contributed by atoms with van der Waals surface area (Å²) >= 11 is 3.53. The first-order valence-corrected chi connectivity index (χ1v) is 7.09. The van der Waals surface area contributed by atoms with E-state index in [1.165, 1.54) is 0 Å². The van der Waals surface area contributed by atoms with Gasteiger partial charge in [-0.1, -0.05) is 15.9 Å². The monoisotopic (exact) mass is 323 g/mol. The van der Waals surface area contributed by atoms with Crippen molar-refractivity contribution >= 4 is 37.9 Å². The summed E-state index contributed by atoms with van der Waals surface area (Å²) in [5.74, 6) is 0. The summed E-state index contributed by atoms with van der Waals surface area (Å²) in [6.07, 6.45) is 5.48. The molecule has 3 nitrogen and oxygen atoms in total. The Morgan fingerprint density at radius 1 is 0.950 bits per heavy atom. The van der Waals surface area contributed by atoms with Gasteiger partial charge in [0.25, 0.3) is 0 Å². The fourth-order valence-electron chi connectivity index (χ4n) is 2.57. The van der Waals surface area contributed by atoms with E-state index in [9.17, 15) is 0 Å². The molecule has 0 saturated heterocycles. The Labute approximate surface area is 124 Å². The number of hydrogen-bond acceptors (Lipinski definition) is 2. The normalized spacial score (nSPS) is 11.2. The largest absolute Gasteiger partial charge is 0.306 e. The molecule has 3 heterocycles. The van der Waals surface area contributed by atoms with Crippen LogP contribution in [0.25, 0.3) is 27.6 Å². The van der Waals surface area contributed by atoms with E-state index in [0.29, 0.717) is 0 Å². The van der Waals surface area contributed by atoms with Crippen LogP contribution in [-0.4, -0.2) is 14.5 Å². The average molecular weight is 324 g/mol. The molecule has 0 amide bonds. The van der Waals surface area contributed by atoms with E-state index in [2.05, 4.69) is 54.7 Å². The molecule has 4 aromatic rings. The molecular weight excluding hydrogens is 314 g/mol. The predicted molar refractivity (Wildman–Crippen MR) is 84.1 cm³/mol. The van der Waals surface area contributed by atoms with Crippen molar-refractivity contribution in [2.45, 2.75) is 0 Å². The highest BCUT2D eigenvalue weighted by atomic mass is 79.9. The lowest BCUT2D eigenvalue weighted by molar-refractivity contribution is 1.14. The molecule has 0 unspecified atom stereocenters. The van der Waals surface area contributed by atoms with Crippen LogP contribution in [0.4, 0.5) is 0 Å². The fraction of sp³-hybridized carbons (Fsp3) is 0. The molecule has 0 aliphatic carbocycles. The van der Waals surface area contributed by atoms with Crippen molar-refractivity contribution in [1.29, 1.82) is 0 Å². The third-order valence-electron chi connectivity index (χ3n) is 3.39. The molecule has 3 aromatic heterocycles. The van der Waals surface area contributed by atoms with E-state index in [0.717, 1.165) is 32.1 Å². The summed E-state index contributed by atoms with van der Waals surface area (Å²) in [4.78, 5) is 8.76. The second kappa shape index (κ2) is 4.42. The van der Waals surface area contributed by atoms with Gasteiger partial charge >= 0.3 is 0 Å². The minimum Gasteiger partial charge on any atom is -0.306 e. The fourth-order valence-corrected chi connectivity index (χ4v) is 2.93. The maximum absolute atomic E-state index is 4.53. The zero-order valence-corrected chi connectivity index (χ0v) is 12.1. The number of hydrogen-bond donors (Lipinski definition) is 0. The minimum absolute atomic E-state index is 1.01. The van der Waals surface area contributed by atoms with Gasteiger partial charge < -0.3 is 4.57 Å². The Hall–Kier alpha value is -2.20. The van der Waals surface area contributed by atoms with Gasteiger partial charge in [0.1, 0.15) is 0 Å². The Balaban J connectivity index is 2.22. The molecule has 0 N–H and O–H groups in total. The first-order chi connectivity index (χ1) is 9.84. The molecule has 0 aliphatic rings. The summed E-state index contributed by atoms with van der Waals surface area (Å²) in [6, 6.07) is 14.3. The van der Waals surface area contributed by atoms with Crippen molar-refractivity contribution in [2.24, 2.45) is 0 Å². The van der Waals surface area contributed by atoms with Gasteiger partial charge in [0.2, 0.25) is 0 Å². The molecular formula is C16H10BrN3. The highest BCUT2D eigenvalue weighted by molar-refractivity contribution is 9.10. The van der Waals surface area contributed by atoms with Gasteiger partial charge in [0, 0.05) is 22.3 Å². The van der Waals surface area contributed by atoms with Crippen molar-refractivity contribution in [3.63, 3.8) is 0 Å². The standard InChI is InChI=1S/C16H10BrN3/c17-11-5-6-14-13(9-11)16-15(4-2-8-19-16)20(14)12-3-1-7-18-10-12/h1-10H. The van der Waals surface area contributed by atoms with Crippen LogP contribution in [0.3, 0.4) is 0 Å². The van der Waals surface area contributed by atoms with Crippen molar-refractivity contribution in [2.75, 3.05) is 0 Å². The molecule has 0 spiro atoms. The summed E-state index contributed by atoms with van der Waals surface area (Å²) in [5.41, 5.74) is 4.28. The lowest BCUT2D eigenvalue weighted by atomic mass is 10.2. The van der Waals surface area contributed by atoms with Crippen LogP contribution in [0.15, 0.2) is 65.5 Å². The van der Waals surface area contributed by atoms with Crippen molar-refractivity contribution in [1.82, 2.24) is 14.5 Å². The van der Waals surface area contributed by atoms with Gasteiger partial charge in [0.05, 0.1) is 28.4 Å². The van der Waals surface area contributed by atoms with E-state index in [4.69, 9.17) is 0 Å². The Morgan fingerprint density at radius 3 is 2.70 bits per heavy atom. The third-order valence-corrected chi connectivity index (χ3v) is 3.88. The van der Waals surface area contributed by atoms with Crippen molar-refractivity contribution in [3.05, 3.63) is 65.5 Å². The van der Waals surface area contributed by atoms with Crippen LogP contribution in [0.5, 0.6) is 0 Å². The lowest BCUT2D eigenvalue weighted by Crippen LogP contribution is -1.93. The maximum Gasteiger partial charge on any atom is 0.0963 e. The molecule has 0 atom stereocenters. The first-order valence-electron chi connectivity index (χ1n) is 6.30. The maximum atomic E-state index is 4.53. The molecule has 0 fully saturated rings. The van der Waals surface area contributed by atoms with Crippen LogP contribution < -0.4 is 0 Å². The van der Waals surface area contributed by atoms with Gasteiger partial charge in [-0.25, -0.2) is 0 Å². The van der Waals surface area contributed by atoms with Crippen LogP contribution in [0.1, 0.15) is 0 Å². The molecule has 0 saturated carbocycles. The molecule has 4 rings (SSSR count). The highest BCUT2D eigenvalue weighted by Gasteiger charge is 2.12. The van der Waals surface area contributed by atoms with Gasteiger partial charge in [-0.2, -0.15) is 0 Å². The number of pyridine rings is 2. The molecule has 0 radical (unpaired) electrons. The number of benzene rings is 1. The molecule has 20 heavy (non-hydrogen) atoms. The van der Waals surface area contributed by atoms with Gasteiger partial charge in [0.15, 0.2) is 0 Å². The quantitative estimate of drug-likeness (QED) is 0.521. The summed E-state index contributed by atoms with van der Waals surface area (Å²) in [5, 5.41) is 1.14. The average Bonchev–Trinajstić information content (AvgIpc) is 2.82. The molecule has 0 bridgehead atoms. The zero-order chi connectivity index (χ0) is 13.5. The Kier molecular flexibility index (Phi) is 2.57. The summed E-state index contributed by atoms with van der Waals surface area (Å²) in [6.45, 7) is 0. The van der Waals surface area contributed by atoms with Gasteiger partial charge in [-0.3, -0.25) is 9.97 Å². The number of halogens is 1. The zero-order valence-electron chi connectivity index (χ0n) is 10.5. The van der Waals surface area contributed by atoms with E-state index in [1.807, 2.05) is 30.6 Å². The highest BCUT2D eigenvalue weighted by Crippen LogP contribution is 2.31. The van der Waals surface area contributed by atoms with Crippen LogP contribution in [0.2, 0.25) is 0 Å². The predicted octanol–water partition coefficient (Wildman–Crippen LogP) is 4.34. The number of aromatic nitrogens is 3. The van der Waals surface area contributed by atoms with E-state index >= 15 is 0 Å². The number of nitrogens with zero attached hydrogens (tertiary/aromatic N) is 3. The van der Waals surface area contributed by atoms with Crippen molar-refractivity contribution < 1.29 is 0 Å². The summed E-state index contributed by atoms with van der Waals surface area (Å²) in [7, 11) is 0. The molecule has 4 heteroatoms. The van der Waals surface area contributed by atoms with Gasteiger partial charge in [-0.05, 0) is 42.5 Å². The Bertz CT molecular complexity index is 913. The van der Waals surface area contributed by atoms with Crippen LogP contribution >= 0.6 is 15.9 Å². The smallest absolute Gasteiger partial charge is 0.0963 e. The second-order valence-corrected chi connectivity index (χ2v) is 5.49. The van der Waals surface area contributed by atoms with E-state index < -0.39 is 0 Å². The Morgan fingerprint density at radius 2 is 1.85 bits per heavy atom. The van der Waals surface area contributed by atoms with E-state index in [-0.39, 0.29) is 0 Å². The second-order valence-electron chi connectivity index (χ2n) is 4.58. The number of fused-ring (bicyclic) bond motifs is 3. The topological polar surface area (TPSA) is 30.7 Å². The van der Waals surface area contributed by atoms with E-state index in [1.54, 1.807) is 6.20 Å². The third kappa shape index (κ3) is 1.65. The first kappa shape index (κ1) is 11.6. The summed E-state index contributed by atoms with van der Waals surface area (Å²) < 4.78 is 3.25. The van der Waals surface area contributed by atoms with Crippen molar-refractivity contribution in [3.8, 4) is 5.69 Å². The molecule has 0 aliphatic heterocycles. The van der Waals surface area contributed by atoms with Gasteiger partial charge in [-0.15, -0.1) is 0 Å².